The number of benzene rings is 3. The summed E-state index contributed by atoms with van der Waals surface area (Å²) in [5.41, 5.74) is 0.848. The Bertz CT molecular complexity index is 1420. The van der Waals surface area contributed by atoms with Crippen molar-refractivity contribution in [3.63, 3.8) is 0 Å². The van der Waals surface area contributed by atoms with Gasteiger partial charge in [0.05, 0.1) is 23.1 Å². The maximum Gasteiger partial charge on any atom is 0.261 e. The highest BCUT2D eigenvalue weighted by molar-refractivity contribution is 7.92. The van der Waals surface area contributed by atoms with Gasteiger partial charge in [0.2, 0.25) is 10.0 Å². The van der Waals surface area contributed by atoms with E-state index in [0.717, 1.165) is 0 Å². The standard InChI is InChI=1S/C23H22ClN3O6S2/c24-21-11-6-17(16-22(21)35(31,32)27-12-14-33-15-13-27)23(28)25-18-7-9-20(10-8-18)34(29,30)26-19-4-2-1-3-5-19/h1-11,16,26H,12-15H2,(H,25,28). The summed E-state index contributed by atoms with van der Waals surface area (Å²) in [4.78, 5) is 12.6. The first-order valence-corrected chi connectivity index (χ1v) is 13.8. The van der Waals surface area contributed by atoms with Gasteiger partial charge >= 0.3 is 0 Å². The smallest absolute Gasteiger partial charge is 0.261 e. The van der Waals surface area contributed by atoms with Crippen LogP contribution in [-0.2, 0) is 24.8 Å². The highest BCUT2D eigenvalue weighted by Crippen LogP contribution is 2.27. The Labute approximate surface area is 208 Å². The van der Waals surface area contributed by atoms with E-state index in [9.17, 15) is 21.6 Å². The van der Waals surface area contributed by atoms with E-state index in [-0.39, 0.29) is 46.7 Å². The maximum absolute atomic E-state index is 13.0. The van der Waals surface area contributed by atoms with E-state index in [4.69, 9.17) is 16.3 Å². The van der Waals surface area contributed by atoms with Crippen LogP contribution in [0.5, 0.6) is 0 Å². The van der Waals surface area contributed by atoms with Gasteiger partial charge in [-0.05, 0) is 54.6 Å². The van der Waals surface area contributed by atoms with E-state index in [0.29, 0.717) is 11.4 Å². The van der Waals surface area contributed by atoms with Crippen LogP contribution in [0, 0.1) is 0 Å². The molecule has 1 fully saturated rings. The molecule has 2 N–H and O–H groups in total. The van der Waals surface area contributed by atoms with Crippen molar-refractivity contribution < 1.29 is 26.4 Å². The monoisotopic (exact) mass is 535 g/mol. The van der Waals surface area contributed by atoms with E-state index in [1.165, 1.54) is 46.8 Å². The Balaban J connectivity index is 1.50. The van der Waals surface area contributed by atoms with Gasteiger partial charge in [0.15, 0.2) is 0 Å². The maximum atomic E-state index is 13.0. The summed E-state index contributed by atoms with van der Waals surface area (Å²) in [6.45, 7) is 0.958. The third-order valence-electron chi connectivity index (χ3n) is 5.23. The fraction of sp³-hybridized carbons (Fsp3) is 0.174. The SMILES string of the molecule is O=C(Nc1ccc(S(=O)(=O)Nc2ccccc2)cc1)c1ccc(Cl)c(S(=O)(=O)N2CCOCC2)c1. The second-order valence-corrected chi connectivity index (χ2v) is 11.6. The van der Waals surface area contributed by atoms with Gasteiger partial charge in [0, 0.05) is 30.0 Å². The van der Waals surface area contributed by atoms with Gasteiger partial charge in [0.25, 0.3) is 15.9 Å². The Kier molecular flexibility index (Phi) is 7.43. The quantitative estimate of drug-likeness (QED) is 0.478. The summed E-state index contributed by atoms with van der Waals surface area (Å²) in [5.74, 6) is -0.571. The Morgan fingerprint density at radius 1 is 0.857 bits per heavy atom. The van der Waals surface area contributed by atoms with Gasteiger partial charge in [-0.3, -0.25) is 9.52 Å². The van der Waals surface area contributed by atoms with Crippen molar-refractivity contribution in [2.45, 2.75) is 9.79 Å². The summed E-state index contributed by atoms with van der Waals surface area (Å²) in [6.07, 6.45) is 0. The molecule has 35 heavy (non-hydrogen) atoms. The van der Waals surface area contributed by atoms with E-state index < -0.39 is 26.0 Å². The number of amides is 1. The lowest BCUT2D eigenvalue weighted by molar-refractivity contribution is 0.0730. The van der Waals surface area contributed by atoms with Gasteiger partial charge in [-0.1, -0.05) is 29.8 Å². The number of morpholine rings is 1. The first-order valence-electron chi connectivity index (χ1n) is 10.5. The van der Waals surface area contributed by atoms with Crippen LogP contribution in [0.4, 0.5) is 11.4 Å². The minimum Gasteiger partial charge on any atom is -0.379 e. The number of nitrogens with one attached hydrogen (secondary N) is 2. The molecule has 0 unspecified atom stereocenters. The molecule has 0 atom stereocenters. The first-order chi connectivity index (χ1) is 16.7. The molecule has 0 saturated carbocycles. The number of anilines is 2. The average Bonchev–Trinajstić information content (AvgIpc) is 2.85. The van der Waals surface area contributed by atoms with Crippen molar-refractivity contribution in [3.05, 3.63) is 83.4 Å². The van der Waals surface area contributed by atoms with Crippen LogP contribution in [0.2, 0.25) is 5.02 Å². The molecule has 0 aromatic heterocycles. The van der Waals surface area contributed by atoms with Crippen molar-refractivity contribution in [1.29, 1.82) is 0 Å². The summed E-state index contributed by atoms with van der Waals surface area (Å²) in [6, 6.07) is 18.1. The largest absolute Gasteiger partial charge is 0.379 e. The third kappa shape index (κ3) is 5.82. The van der Waals surface area contributed by atoms with Gasteiger partial charge in [-0.15, -0.1) is 0 Å². The molecule has 1 amide bonds. The molecule has 0 bridgehead atoms. The van der Waals surface area contributed by atoms with Crippen LogP contribution in [0.3, 0.4) is 0 Å². The molecule has 1 saturated heterocycles. The number of rotatable bonds is 7. The van der Waals surface area contributed by atoms with Gasteiger partial charge < -0.3 is 10.1 Å². The number of hydrogen-bond donors (Lipinski definition) is 2. The van der Waals surface area contributed by atoms with Crippen molar-refractivity contribution in [1.82, 2.24) is 4.31 Å². The Morgan fingerprint density at radius 2 is 1.51 bits per heavy atom. The second kappa shape index (κ2) is 10.3. The number of sulfonamides is 2. The zero-order valence-corrected chi connectivity index (χ0v) is 20.7. The number of halogens is 1. The van der Waals surface area contributed by atoms with E-state index in [2.05, 4.69) is 10.0 Å². The predicted octanol–water partition coefficient (Wildman–Crippen LogP) is 3.41. The number of carbonyl (C=O) groups excluding carboxylic acids is 1. The van der Waals surface area contributed by atoms with Crippen LogP contribution in [0.1, 0.15) is 10.4 Å². The van der Waals surface area contributed by atoms with E-state index in [1.54, 1.807) is 30.3 Å². The van der Waals surface area contributed by atoms with Gasteiger partial charge in [0.1, 0.15) is 4.90 Å². The zero-order chi connectivity index (χ0) is 25.1. The lowest BCUT2D eigenvalue weighted by Crippen LogP contribution is -2.40. The molecule has 1 aliphatic rings. The number of ether oxygens (including phenoxy) is 1. The predicted molar refractivity (Wildman–Crippen MR) is 133 cm³/mol. The minimum absolute atomic E-state index is 0.00789. The molecule has 0 spiro atoms. The van der Waals surface area contributed by atoms with Crippen LogP contribution < -0.4 is 10.0 Å². The molecule has 3 aromatic carbocycles. The Morgan fingerprint density at radius 3 is 2.17 bits per heavy atom. The topological polar surface area (TPSA) is 122 Å². The van der Waals surface area contributed by atoms with Crippen LogP contribution in [-0.4, -0.2) is 53.4 Å². The fourth-order valence-electron chi connectivity index (χ4n) is 3.41. The molecule has 12 heteroatoms. The van der Waals surface area contributed by atoms with E-state index >= 15 is 0 Å². The lowest BCUT2D eigenvalue weighted by atomic mass is 10.2. The number of para-hydroxylation sites is 1. The average molecular weight is 536 g/mol. The second-order valence-electron chi connectivity index (χ2n) is 7.61. The van der Waals surface area contributed by atoms with Gasteiger partial charge in [-0.25, -0.2) is 16.8 Å². The van der Waals surface area contributed by atoms with Crippen molar-refractivity contribution in [2.24, 2.45) is 0 Å². The number of hydrogen-bond acceptors (Lipinski definition) is 6. The number of carbonyl (C=O) groups is 1. The molecule has 0 radical (unpaired) electrons. The minimum atomic E-state index is -3.90. The number of nitrogens with zero attached hydrogens (tertiary/aromatic N) is 1. The van der Waals surface area contributed by atoms with Gasteiger partial charge in [-0.2, -0.15) is 4.31 Å². The molecule has 0 aliphatic carbocycles. The van der Waals surface area contributed by atoms with Crippen LogP contribution in [0.15, 0.2) is 82.6 Å². The highest BCUT2D eigenvalue weighted by Gasteiger charge is 2.29. The van der Waals surface area contributed by atoms with Crippen molar-refractivity contribution in [3.8, 4) is 0 Å². The molecular weight excluding hydrogens is 514 g/mol. The third-order valence-corrected chi connectivity index (χ3v) is 9.01. The van der Waals surface area contributed by atoms with Crippen molar-refractivity contribution in [2.75, 3.05) is 36.3 Å². The van der Waals surface area contributed by atoms with E-state index in [1.807, 2.05) is 0 Å². The normalized spacial score (nSPS) is 14.9. The lowest BCUT2D eigenvalue weighted by Gasteiger charge is -2.26. The molecular formula is C23H22ClN3O6S2. The van der Waals surface area contributed by atoms with Crippen LogP contribution >= 0.6 is 11.6 Å². The summed E-state index contributed by atoms with van der Waals surface area (Å²) >= 11 is 6.15. The fourth-order valence-corrected chi connectivity index (χ4v) is 6.38. The molecule has 1 heterocycles. The van der Waals surface area contributed by atoms with Crippen molar-refractivity contribution >= 4 is 48.9 Å². The molecule has 184 valence electrons. The molecule has 4 rings (SSSR count). The molecule has 9 nitrogen and oxygen atoms in total. The summed E-state index contributed by atoms with van der Waals surface area (Å²) < 4.78 is 60.1. The molecule has 1 aliphatic heterocycles. The van der Waals surface area contributed by atoms with Crippen LogP contribution in [0.25, 0.3) is 0 Å². The Hall–Kier alpha value is -2.96. The summed E-state index contributed by atoms with van der Waals surface area (Å²) in [7, 11) is -7.71. The first kappa shape index (κ1) is 25.1. The summed E-state index contributed by atoms with van der Waals surface area (Å²) in [5, 5.41) is 2.65. The molecule has 3 aromatic rings. The zero-order valence-electron chi connectivity index (χ0n) is 18.3. The highest BCUT2D eigenvalue weighted by atomic mass is 35.5.